The fraction of sp³-hybridized carbons (Fsp3) is 0.522. The number of anilines is 1. The molecule has 1 heterocycles. The number of nitrogens with zero attached hydrogens (tertiary/aromatic N) is 1. The molecule has 0 amide bonds. The third kappa shape index (κ3) is 14.4. The molecular formula is C46H65NO6S. The van der Waals surface area contributed by atoms with Crippen LogP contribution in [0.5, 0.6) is 34.5 Å². The van der Waals surface area contributed by atoms with Gasteiger partial charge in [0.05, 0.1) is 25.5 Å². The molecule has 1 aliphatic heterocycles. The van der Waals surface area contributed by atoms with Crippen molar-refractivity contribution in [3.05, 3.63) is 78.0 Å². The van der Waals surface area contributed by atoms with E-state index in [4.69, 9.17) is 14.2 Å². The van der Waals surface area contributed by atoms with Gasteiger partial charge < -0.3 is 29.5 Å². The van der Waals surface area contributed by atoms with Crippen LogP contribution in [0.25, 0.3) is 10.5 Å². The fourth-order valence-corrected chi connectivity index (χ4v) is 7.59. The Morgan fingerprint density at radius 3 is 1.33 bits per heavy atom. The lowest BCUT2D eigenvalue weighted by Crippen LogP contribution is -2.11. The monoisotopic (exact) mass is 759 g/mol. The molecule has 0 unspecified atom stereocenters. The predicted octanol–water partition coefficient (Wildman–Crippen LogP) is 13.6. The highest BCUT2D eigenvalue weighted by molar-refractivity contribution is 8.09. The summed E-state index contributed by atoms with van der Waals surface area (Å²) in [6.07, 6.45) is 25.1. The lowest BCUT2D eigenvalue weighted by atomic mass is 10.0. The summed E-state index contributed by atoms with van der Waals surface area (Å²) in [5.41, 5.74) is 2.52. The van der Waals surface area contributed by atoms with Crippen molar-refractivity contribution in [3.8, 4) is 34.5 Å². The number of hydrogen-bond acceptors (Lipinski definition) is 8. The Morgan fingerprint density at radius 2 is 0.889 bits per heavy atom. The molecule has 3 aromatic rings. The first kappa shape index (κ1) is 42.8. The van der Waals surface area contributed by atoms with Gasteiger partial charge in [-0.2, -0.15) is 0 Å². The summed E-state index contributed by atoms with van der Waals surface area (Å²) >= 11 is 1.38. The van der Waals surface area contributed by atoms with Gasteiger partial charge in [-0.05, 0) is 73.7 Å². The number of phenolic OH excluding ortho intramolecular Hbond substituents is 3. The molecule has 0 saturated carbocycles. The van der Waals surface area contributed by atoms with Crippen LogP contribution in [0.15, 0.2) is 66.9 Å². The van der Waals surface area contributed by atoms with Crippen molar-refractivity contribution in [3.63, 3.8) is 0 Å². The molecule has 296 valence electrons. The summed E-state index contributed by atoms with van der Waals surface area (Å²) in [5, 5.41) is 33.8. The Kier molecular flexibility index (Phi) is 19.4. The zero-order valence-electron chi connectivity index (χ0n) is 33.1. The minimum atomic E-state index is 0.0742. The summed E-state index contributed by atoms with van der Waals surface area (Å²) in [6.45, 7) is 8.49. The molecule has 0 atom stereocenters. The van der Waals surface area contributed by atoms with Crippen molar-refractivity contribution < 1.29 is 29.5 Å². The smallest absolute Gasteiger partial charge is 0.143 e. The second-order valence-corrected chi connectivity index (χ2v) is 15.4. The Balaban J connectivity index is 1.50. The molecule has 0 radical (unpaired) electrons. The Morgan fingerprint density at radius 1 is 0.481 bits per heavy atom. The molecule has 0 spiro atoms. The van der Waals surface area contributed by atoms with Crippen molar-refractivity contribution in [2.24, 2.45) is 0 Å². The average Bonchev–Trinajstić information content (AvgIpc) is 3.17. The fourth-order valence-electron chi connectivity index (χ4n) is 6.51. The molecule has 0 bridgehead atoms. The van der Waals surface area contributed by atoms with E-state index in [0.717, 1.165) is 43.4 Å². The highest BCUT2D eigenvalue weighted by atomic mass is 32.2. The minimum absolute atomic E-state index is 0.0742. The number of ether oxygens (including phenoxy) is 3. The SMILES string of the molecule is CCCCCCCCOc1ccc(C2=CN(c3ccc(OCCCCCCCC)cc3O)SC(c3ccc(OCCCCCCCC)cc3O)=C2)c(O)c1. The largest absolute Gasteiger partial charge is 0.507 e. The molecule has 0 aromatic heterocycles. The van der Waals surface area contributed by atoms with Gasteiger partial charge in [0, 0.05) is 46.0 Å². The number of benzene rings is 3. The third-order valence-electron chi connectivity index (χ3n) is 9.74. The van der Waals surface area contributed by atoms with E-state index in [9.17, 15) is 15.3 Å². The van der Waals surface area contributed by atoms with Crippen molar-refractivity contribution in [2.75, 3.05) is 24.1 Å². The van der Waals surface area contributed by atoms with Gasteiger partial charge in [0.1, 0.15) is 34.5 Å². The van der Waals surface area contributed by atoms with Crippen molar-refractivity contribution in [2.45, 2.75) is 136 Å². The van der Waals surface area contributed by atoms with Crippen LogP contribution in [0.2, 0.25) is 0 Å². The molecule has 3 aromatic carbocycles. The van der Waals surface area contributed by atoms with Crippen molar-refractivity contribution in [1.29, 1.82) is 0 Å². The van der Waals surface area contributed by atoms with Crippen molar-refractivity contribution in [1.82, 2.24) is 0 Å². The lowest BCUT2D eigenvalue weighted by molar-refractivity contribution is 0.302. The Hall–Kier alpha value is -3.91. The number of unbranched alkanes of at least 4 members (excludes halogenated alkanes) is 15. The summed E-state index contributed by atoms with van der Waals surface area (Å²) in [4.78, 5) is 0.748. The quantitative estimate of drug-likeness (QED) is 0.0523. The van der Waals surface area contributed by atoms with Gasteiger partial charge in [0.15, 0.2) is 0 Å². The summed E-state index contributed by atoms with van der Waals surface area (Å²) in [5.74, 6) is 2.14. The molecule has 4 rings (SSSR count). The van der Waals surface area contributed by atoms with Gasteiger partial charge in [0.2, 0.25) is 0 Å². The van der Waals surface area contributed by atoms with Crippen molar-refractivity contribution >= 4 is 28.1 Å². The van der Waals surface area contributed by atoms with Gasteiger partial charge >= 0.3 is 0 Å². The second-order valence-electron chi connectivity index (χ2n) is 14.4. The normalized spacial score (nSPS) is 12.8. The number of hydrogen-bond donors (Lipinski definition) is 3. The number of phenols is 3. The molecule has 8 heteroatoms. The third-order valence-corrected chi connectivity index (χ3v) is 10.8. The van der Waals surface area contributed by atoms with E-state index >= 15 is 0 Å². The number of aromatic hydroxyl groups is 3. The maximum absolute atomic E-state index is 11.3. The topological polar surface area (TPSA) is 91.6 Å². The van der Waals surface area contributed by atoms with Crippen LogP contribution >= 0.6 is 11.9 Å². The predicted molar refractivity (Wildman–Crippen MR) is 227 cm³/mol. The van der Waals surface area contributed by atoms with Crippen LogP contribution in [0, 0.1) is 0 Å². The zero-order valence-corrected chi connectivity index (χ0v) is 33.9. The molecule has 0 saturated heterocycles. The lowest BCUT2D eigenvalue weighted by Gasteiger charge is -2.27. The number of allylic oxidation sites excluding steroid dienone is 2. The van der Waals surface area contributed by atoms with Gasteiger partial charge in [-0.25, -0.2) is 0 Å². The number of rotatable bonds is 27. The van der Waals surface area contributed by atoms with E-state index in [2.05, 4.69) is 20.8 Å². The Bertz CT molecular complexity index is 1600. The summed E-state index contributed by atoms with van der Waals surface area (Å²) in [6, 6.07) is 16.2. The van der Waals surface area contributed by atoms with E-state index in [1.54, 1.807) is 18.2 Å². The zero-order chi connectivity index (χ0) is 38.4. The van der Waals surface area contributed by atoms with Gasteiger partial charge in [-0.3, -0.25) is 4.31 Å². The summed E-state index contributed by atoms with van der Waals surface area (Å²) in [7, 11) is 0. The van der Waals surface area contributed by atoms with E-state index in [-0.39, 0.29) is 17.2 Å². The van der Waals surface area contributed by atoms with E-state index in [0.29, 0.717) is 59.5 Å². The van der Waals surface area contributed by atoms with Crippen LogP contribution in [0.1, 0.15) is 147 Å². The van der Waals surface area contributed by atoms with Crippen LogP contribution in [0.3, 0.4) is 0 Å². The van der Waals surface area contributed by atoms with Crippen LogP contribution in [-0.4, -0.2) is 35.1 Å². The standard InChI is InChI=1S/C46H65NO6S/c1-4-7-10-13-16-19-28-51-37-22-25-40(43(48)32-37)36-31-46(41-26-23-38(33-44(41)49)52-29-20-17-14-11-8-5-2)54-47(35-36)42-27-24-39(34-45(42)50)53-30-21-18-15-12-9-6-3/h22-27,31-35,48-50H,4-21,28-30H2,1-3H3. The maximum atomic E-state index is 11.3. The van der Waals surface area contributed by atoms with Gasteiger partial charge in [0.25, 0.3) is 0 Å². The van der Waals surface area contributed by atoms with Gasteiger partial charge in [-0.1, -0.05) is 117 Å². The van der Waals surface area contributed by atoms with Gasteiger partial charge in [-0.15, -0.1) is 0 Å². The van der Waals surface area contributed by atoms with Crippen LogP contribution in [-0.2, 0) is 0 Å². The first-order valence-electron chi connectivity index (χ1n) is 20.7. The molecule has 7 nitrogen and oxygen atoms in total. The second kappa shape index (κ2) is 24.5. The highest BCUT2D eigenvalue weighted by Crippen LogP contribution is 2.48. The first-order valence-corrected chi connectivity index (χ1v) is 21.5. The molecule has 0 fully saturated rings. The molecule has 54 heavy (non-hydrogen) atoms. The highest BCUT2D eigenvalue weighted by Gasteiger charge is 2.23. The Labute approximate surface area is 329 Å². The van der Waals surface area contributed by atoms with Crippen LogP contribution < -0.4 is 18.5 Å². The average molecular weight is 760 g/mol. The van der Waals surface area contributed by atoms with Crippen LogP contribution in [0.4, 0.5) is 5.69 Å². The molecular weight excluding hydrogens is 695 g/mol. The van der Waals surface area contributed by atoms with E-state index < -0.39 is 0 Å². The van der Waals surface area contributed by atoms with E-state index in [1.165, 1.54) is 89.0 Å². The van der Waals surface area contributed by atoms with E-state index in [1.807, 2.05) is 53.0 Å². The molecule has 3 N–H and O–H groups in total. The maximum Gasteiger partial charge on any atom is 0.143 e. The summed E-state index contributed by atoms with van der Waals surface area (Å²) < 4.78 is 19.8. The first-order chi connectivity index (χ1) is 26.4. The molecule has 0 aliphatic carbocycles. The molecule has 1 aliphatic rings. The minimum Gasteiger partial charge on any atom is -0.507 e.